The van der Waals surface area contributed by atoms with E-state index < -0.39 is 11.9 Å². The van der Waals surface area contributed by atoms with Crippen LogP contribution in [0.4, 0.5) is 5.82 Å². The first-order chi connectivity index (χ1) is 19.9. The molecule has 11 heteroatoms. The Kier molecular flexibility index (Phi) is 7.51. The SMILES string of the molecule is COc1ccc(NC(=O)c2ccc(CN3C(=O)c4sc(C5CC5)nc4CC(=O)C3Cc3ccccn3)cc2Cl)nc1. The van der Waals surface area contributed by atoms with Crippen molar-refractivity contribution in [2.75, 3.05) is 12.4 Å². The number of carbonyl (C=O) groups excluding carboxylic acids is 3. The number of fused-ring (bicyclic) bond motifs is 1. The lowest BCUT2D eigenvalue weighted by Crippen LogP contribution is -2.44. The van der Waals surface area contributed by atoms with Crippen LogP contribution >= 0.6 is 22.9 Å². The summed E-state index contributed by atoms with van der Waals surface area (Å²) in [6, 6.07) is 13.1. The van der Waals surface area contributed by atoms with Crippen molar-refractivity contribution in [3.63, 3.8) is 0 Å². The fraction of sp³-hybridized carbons (Fsp3) is 0.267. The molecule has 0 spiro atoms. The fourth-order valence-electron chi connectivity index (χ4n) is 4.81. The molecule has 1 aliphatic heterocycles. The number of pyridine rings is 2. The molecule has 1 unspecified atom stereocenters. The van der Waals surface area contributed by atoms with Crippen LogP contribution in [-0.4, -0.2) is 50.6 Å². The third kappa shape index (κ3) is 5.84. The number of hydrogen-bond acceptors (Lipinski definition) is 8. The number of amides is 2. The second-order valence-electron chi connectivity index (χ2n) is 10.1. The molecule has 2 aliphatic rings. The minimum atomic E-state index is -0.717. The van der Waals surface area contributed by atoms with Gasteiger partial charge >= 0.3 is 0 Å². The molecule has 1 N–H and O–H groups in total. The lowest BCUT2D eigenvalue weighted by molar-refractivity contribution is -0.122. The second-order valence-corrected chi connectivity index (χ2v) is 11.5. The first-order valence-corrected chi connectivity index (χ1v) is 14.4. The molecule has 3 aromatic heterocycles. The van der Waals surface area contributed by atoms with Gasteiger partial charge in [-0.2, -0.15) is 0 Å². The number of thiazole rings is 1. The summed E-state index contributed by atoms with van der Waals surface area (Å²) in [5, 5.41) is 3.88. The summed E-state index contributed by atoms with van der Waals surface area (Å²) >= 11 is 7.96. The predicted molar refractivity (Wildman–Crippen MR) is 155 cm³/mol. The monoisotopic (exact) mass is 587 g/mol. The van der Waals surface area contributed by atoms with Gasteiger partial charge in [-0.25, -0.2) is 9.97 Å². The highest BCUT2D eigenvalue weighted by atomic mass is 35.5. The Bertz CT molecular complexity index is 1620. The number of nitrogens with one attached hydrogen (secondary N) is 1. The van der Waals surface area contributed by atoms with Gasteiger partial charge in [0.15, 0.2) is 5.78 Å². The topological polar surface area (TPSA) is 114 Å². The van der Waals surface area contributed by atoms with Crippen molar-refractivity contribution >= 4 is 46.4 Å². The van der Waals surface area contributed by atoms with Gasteiger partial charge in [-0.15, -0.1) is 11.3 Å². The normalized spacial score (nSPS) is 16.7. The van der Waals surface area contributed by atoms with Crippen LogP contribution in [-0.2, 0) is 24.2 Å². The van der Waals surface area contributed by atoms with Gasteiger partial charge in [0.2, 0.25) is 0 Å². The lowest BCUT2D eigenvalue weighted by Gasteiger charge is -2.29. The molecule has 1 saturated carbocycles. The van der Waals surface area contributed by atoms with E-state index in [2.05, 4.69) is 15.3 Å². The van der Waals surface area contributed by atoms with Crippen molar-refractivity contribution < 1.29 is 19.1 Å². The molecule has 41 heavy (non-hydrogen) atoms. The third-order valence-electron chi connectivity index (χ3n) is 7.16. The summed E-state index contributed by atoms with van der Waals surface area (Å²) in [5.74, 6) is 0.591. The minimum absolute atomic E-state index is 0.0792. The van der Waals surface area contributed by atoms with E-state index in [9.17, 15) is 14.4 Å². The maximum Gasteiger partial charge on any atom is 0.266 e. The van der Waals surface area contributed by atoms with Crippen LogP contribution in [0.25, 0.3) is 0 Å². The molecule has 1 aliphatic carbocycles. The van der Waals surface area contributed by atoms with E-state index in [1.807, 2.05) is 18.2 Å². The summed E-state index contributed by atoms with van der Waals surface area (Å²) in [5.41, 5.74) is 2.24. The molecule has 2 amide bonds. The molecule has 9 nitrogen and oxygen atoms in total. The molecular formula is C30H26ClN5O4S. The fourth-order valence-corrected chi connectivity index (χ4v) is 6.31. The van der Waals surface area contributed by atoms with Crippen molar-refractivity contribution in [1.82, 2.24) is 19.9 Å². The summed E-state index contributed by atoms with van der Waals surface area (Å²) in [6.07, 6.45) is 5.70. The second kappa shape index (κ2) is 11.4. The first kappa shape index (κ1) is 27.0. The van der Waals surface area contributed by atoms with E-state index in [0.717, 1.165) is 23.5 Å². The number of benzene rings is 1. The van der Waals surface area contributed by atoms with Crippen molar-refractivity contribution in [2.45, 2.75) is 44.2 Å². The quantitative estimate of drug-likeness (QED) is 0.305. The maximum atomic E-state index is 14.0. The lowest BCUT2D eigenvalue weighted by atomic mass is 10.0. The number of rotatable bonds is 8. The molecule has 4 heterocycles. The number of halogens is 1. The van der Waals surface area contributed by atoms with Gasteiger partial charge in [0, 0.05) is 30.8 Å². The van der Waals surface area contributed by atoms with Crippen LogP contribution in [0.2, 0.25) is 5.02 Å². The van der Waals surface area contributed by atoms with Crippen molar-refractivity contribution in [1.29, 1.82) is 0 Å². The van der Waals surface area contributed by atoms with Gasteiger partial charge in [0.25, 0.3) is 11.8 Å². The Morgan fingerprint density at radius 1 is 1.15 bits per heavy atom. The number of nitrogens with zero attached hydrogens (tertiary/aromatic N) is 4. The van der Waals surface area contributed by atoms with E-state index in [0.29, 0.717) is 40.0 Å². The molecular weight excluding hydrogens is 562 g/mol. The van der Waals surface area contributed by atoms with Crippen LogP contribution in [0, 0.1) is 0 Å². The highest BCUT2D eigenvalue weighted by molar-refractivity contribution is 7.14. The number of ether oxygens (including phenoxy) is 1. The Morgan fingerprint density at radius 2 is 2.00 bits per heavy atom. The molecule has 1 atom stereocenters. The number of anilines is 1. The minimum Gasteiger partial charge on any atom is -0.495 e. The van der Waals surface area contributed by atoms with Crippen LogP contribution in [0.1, 0.15) is 60.7 Å². The maximum absolute atomic E-state index is 14.0. The van der Waals surface area contributed by atoms with Crippen molar-refractivity contribution in [3.05, 3.63) is 98.3 Å². The highest BCUT2D eigenvalue weighted by Gasteiger charge is 2.39. The van der Waals surface area contributed by atoms with Crippen LogP contribution in [0.3, 0.4) is 0 Å². The summed E-state index contributed by atoms with van der Waals surface area (Å²) in [4.78, 5) is 55.8. The zero-order chi connectivity index (χ0) is 28.5. The van der Waals surface area contributed by atoms with Crippen LogP contribution in [0.5, 0.6) is 5.75 Å². The molecule has 0 saturated heterocycles. The number of aromatic nitrogens is 3. The highest BCUT2D eigenvalue weighted by Crippen LogP contribution is 2.43. The number of Topliss-reactive ketones (excluding diaryl/α,β-unsaturated/α-hetero) is 1. The Hall–Kier alpha value is -4.15. The zero-order valence-corrected chi connectivity index (χ0v) is 23.7. The van der Waals surface area contributed by atoms with Crippen LogP contribution in [0.15, 0.2) is 60.9 Å². The molecule has 208 valence electrons. The summed E-state index contributed by atoms with van der Waals surface area (Å²) < 4.78 is 5.10. The standard InChI is InChI=1S/C30H26ClN5O4S/c1-40-20-8-10-26(33-15-20)35-28(38)21-9-5-17(12-22(21)31)16-36-24(13-19-4-2-3-11-32-19)25(37)14-23-27(30(36)39)41-29(34-23)18-6-7-18/h2-5,8-12,15,18,24H,6-7,13-14,16H2,1H3,(H,33,35,38). The van der Waals surface area contributed by atoms with E-state index in [4.69, 9.17) is 21.3 Å². The van der Waals surface area contributed by atoms with Crippen molar-refractivity contribution in [3.8, 4) is 5.75 Å². The average molecular weight is 588 g/mol. The molecule has 0 bridgehead atoms. The third-order valence-corrected chi connectivity index (χ3v) is 8.72. The summed E-state index contributed by atoms with van der Waals surface area (Å²) in [6.45, 7) is 0.139. The summed E-state index contributed by atoms with van der Waals surface area (Å²) in [7, 11) is 1.54. The Labute approximate surface area is 245 Å². The zero-order valence-electron chi connectivity index (χ0n) is 22.2. The van der Waals surface area contributed by atoms with Gasteiger partial charge in [-0.05, 0) is 54.8 Å². The molecule has 1 fully saturated rings. The van der Waals surface area contributed by atoms with E-state index >= 15 is 0 Å². The van der Waals surface area contributed by atoms with Gasteiger partial charge in [0.05, 0.1) is 47.1 Å². The molecule has 4 aromatic rings. The van der Waals surface area contributed by atoms with Gasteiger partial charge in [-0.3, -0.25) is 19.4 Å². The van der Waals surface area contributed by atoms with Crippen molar-refractivity contribution in [2.24, 2.45) is 0 Å². The van der Waals surface area contributed by atoms with Crippen LogP contribution < -0.4 is 10.1 Å². The molecule has 1 aromatic carbocycles. The number of methoxy groups -OCH3 is 1. The van der Waals surface area contributed by atoms with E-state index in [-0.39, 0.29) is 35.2 Å². The smallest absolute Gasteiger partial charge is 0.266 e. The molecule has 6 rings (SSSR count). The Balaban J connectivity index is 1.27. The van der Waals surface area contributed by atoms with Gasteiger partial charge in [0.1, 0.15) is 16.4 Å². The number of hydrogen-bond donors (Lipinski definition) is 1. The van der Waals surface area contributed by atoms with E-state index in [1.165, 1.54) is 24.6 Å². The number of ketones is 1. The predicted octanol–water partition coefficient (Wildman–Crippen LogP) is 5.10. The Morgan fingerprint density at radius 3 is 2.68 bits per heavy atom. The molecule has 0 radical (unpaired) electrons. The average Bonchev–Trinajstić information content (AvgIpc) is 3.76. The first-order valence-electron chi connectivity index (χ1n) is 13.2. The van der Waals surface area contributed by atoms with E-state index in [1.54, 1.807) is 41.4 Å². The number of carbonyl (C=O) groups is 3. The largest absolute Gasteiger partial charge is 0.495 e. The van der Waals surface area contributed by atoms with Gasteiger partial charge in [-0.1, -0.05) is 23.7 Å². The van der Waals surface area contributed by atoms with Gasteiger partial charge < -0.3 is 15.0 Å².